The van der Waals surface area contributed by atoms with Gasteiger partial charge in [-0.2, -0.15) is 4.98 Å². The summed E-state index contributed by atoms with van der Waals surface area (Å²) in [4.78, 5) is 6.87. The topological polar surface area (TPSA) is 60.6 Å². The number of aromatic nitrogens is 1. The van der Waals surface area contributed by atoms with Gasteiger partial charge in [0, 0.05) is 20.2 Å². The fourth-order valence-corrected chi connectivity index (χ4v) is 2.76. The molecule has 1 aromatic heterocycles. The molecule has 5 heteroatoms. The van der Waals surface area contributed by atoms with E-state index in [0.29, 0.717) is 23.4 Å². The summed E-state index contributed by atoms with van der Waals surface area (Å²) in [5.41, 5.74) is 6.59. The van der Waals surface area contributed by atoms with E-state index in [4.69, 9.17) is 15.2 Å². The highest BCUT2D eigenvalue weighted by atomic mass is 16.5. The zero-order valence-corrected chi connectivity index (χ0v) is 12.9. The lowest BCUT2D eigenvalue weighted by Gasteiger charge is -2.37. The van der Waals surface area contributed by atoms with Gasteiger partial charge in [-0.3, -0.25) is 0 Å². The van der Waals surface area contributed by atoms with E-state index < -0.39 is 0 Å². The lowest BCUT2D eigenvalue weighted by Crippen LogP contribution is -2.44. The van der Waals surface area contributed by atoms with Gasteiger partial charge in [0.1, 0.15) is 5.82 Å². The van der Waals surface area contributed by atoms with Crippen LogP contribution >= 0.6 is 0 Å². The average Bonchev–Trinajstić information content (AvgIpc) is 3.31. The van der Waals surface area contributed by atoms with Gasteiger partial charge in [-0.1, -0.05) is 6.92 Å². The SMILES string of the molecule is COC1CN(c2ccc(N)c(OCC3CC3)n2)CCC1C. The summed E-state index contributed by atoms with van der Waals surface area (Å²) < 4.78 is 11.3. The molecule has 5 nitrogen and oxygen atoms in total. The van der Waals surface area contributed by atoms with Crippen molar-refractivity contribution in [3.63, 3.8) is 0 Å². The highest BCUT2D eigenvalue weighted by Gasteiger charge is 2.27. The molecule has 0 amide bonds. The Hall–Kier alpha value is -1.49. The molecule has 2 aliphatic rings. The predicted octanol–water partition coefficient (Wildman–Crippen LogP) is 2.31. The Kier molecular flexibility index (Phi) is 4.19. The van der Waals surface area contributed by atoms with Crippen LogP contribution in [0, 0.1) is 11.8 Å². The normalized spacial score (nSPS) is 25.9. The molecule has 2 heterocycles. The highest BCUT2D eigenvalue weighted by molar-refractivity contribution is 5.54. The van der Waals surface area contributed by atoms with E-state index in [1.807, 2.05) is 12.1 Å². The summed E-state index contributed by atoms with van der Waals surface area (Å²) in [6, 6.07) is 3.87. The second-order valence-corrected chi connectivity index (χ2v) is 6.30. The van der Waals surface area contributed by atoms with Crippen LogP contribution in [0.5, 0.6) is 5.88 Å². The predicted molar refractivity (Wildman–Crippen MR) is 83.7 cm³/mol. The second-order valence-electron chi connectivity index (χ2n) is 6.30. The third kappa shape index (κ3) is 3.40. The van der Waals surface area contributed by atoms with E-state index in [1.165, 1.54) is 12.8 Å². The van der Waals surface area contributed by atoms with Crippen molar-refractivity contribution in [2.75, 3.05) is 37.4 Å². The van der Waals surface area contributed by atoms with Crippen LogP contribution in [0.3, 0.4) is 0 Å². The number of hydrogen-bond acceptors (Lipinski definition) is 5. The number of nitrogen functional groups attached to an aromatic ring is 1. The van der Waals surface area contributed by atoms with E-state index in [9.17, 15) is 0 Å². The van der Waals surface area contributed by atoms with E-state index in [-0.39, 0.29) is 6.10 Å². The van der Waals surface area contributed by atoms with Gasteiger partial charge in [0.25, 0.3) is 0 Å². The number of anilines is 2. The molecule has 1 aromatic rings. The van der Waals surface area contributed by atoms with Crippen molar-refractivity contribution >= 4 is 11.5 Å². The fraction of sp³-hybridized carbons (Fsp3) is 0.688. The molecule has 0 radical (unpaired) electrons. The first-order valence-corrected chi connectivity index (χ1v) is 7.84. The molecule has 116 valence electrons. The summed E-state index contributed by atoms with van der Waals surface area (Å²) >= 11 is 0. The van der Waals surface area contributed by atoms with E-state index in [0.717, 1.165) is 31.9 Å². The molecule has 0 aromatic carbocycles. The van der Waals surface area contributed by atoms with Crippen molar-refractivity contribution in [1.29, 1.82) is 0 Å². The fourth-order valence-electron chi connectivity index (χ4n) is 2.76. The summed E-state index contributed by atoms with van der Waals surface area (Å²) in [6.45, 7) is 4.85. The maximum Gasteiger partial charge on any atom is 0.239 e. The van der Waals surface area contributed by atoms with Crippen molar-refractivity contribution in [3.8, 4) is 5.88 Å². The number of pyridine rings is 1. The zero-order chi connectivity index (χ0) is 14.8. The summed E-state index contributed by atoms with van der Waals surface area (Å²) in [6.07, 6.45) is 3.90. The van der Waals surface area contributed by atoms with Crippen LogP contribution in [0.2, 0.25) is 0 Å². The minimum absolute atomic E-state index is 0.258. The Labute approximate surface area is 126 Å². The average molecular weight is 291 g/mol. The van der Waals surface area contributed by atoms with Gasteiger partial charge in [0.05, 0.1) is 18.4 Å². The van der Waals surface area contributed by atoms with Crippen molar-refractivity contribution < 1.29 is 9.47 Å². The van der Waals surface area contributed by atoms with Crippen LogP contribution in [-0.4, -0.2) is 37.9 Å². The Morgan fingerprint density at radius 2 is 2.14 bits per heavy atom. The van der Waals surface area contributed by atoms with Crippen molar-refractivity contribution in [1.82, 2.24) is 4.98 Å². The molecule has 1 aliphatic carbocycles. The van der Waals surface area contributed by atoms with Gasteiger partial charge in [-0.05, 0) is 43.2 Å². The van der Waals surface area contributed by atoms with Crippen molar-refractivity contribution in [3.05, 3.63) is 12.1 Å². The standard InChI is InChI=1S/C16H25N3O2/c1-11-7-8-19(9-14(11)20-2)15-6-5-13(17)16(18-15)21-10-12-3-4-12/h5-6,11-12,14H,3-4,7-10,17H2,1-2H3. The first-order valence-electron chi connectivity index (χ1n) is 7.84. The summed E-state index contributed by atoms with van der Waals surface area (Å²) in [5.74, 6) is 2.80. The van der Waals surface area contributed by atoms with Crippen LogP contribution in [0.4, 0.5) is 11.5 Å². The molecular weight excluding hydrogens is 266 g/mol. The quantitative estimate of drug-likeness (QED) is 0.902. The third-order valence-electron chi connectivity index (χ3n) is 4.54. The lowest BCUT2D eigenvalue weighted by atomic mass is 9.96. The maximum absolute atomic E-state index is 5.97. The van der Waals surface area contributed by atoms with E-state index in [1.54, 1.807) is 7.11 Å². The molecule has 2 unspecified atom stereocenters. The molecule has 0 bridgehead atoms. The van der Waals surface area contributed by atoms with Gasteiger partial charge in [0.2, 0.25) is 5.88 Å². The van der Waals surface area contributed by atoms with Gasteiger partial charge < -0.3 is 20.1 Å². The van der Waals surface area contributed by atoms with Gasteiger partial charge in [-0.25, -0.2) is 0 Å². The van der Waals surface area contributed by atoms with E-state index >= 15 is 0 Å². The minimum atomic E-state index is 0.258. The molecule has 1 aliphatic heterocycles. The van der Waals surface area contributed by atoms with Gasteiger partial charge in [0.15, 0.2) is 0 Å². The van der Waals surface area contributed by atoms with E-state index in [2.05, 4.69) is 16.8 Å². The molecule has 0 spiro atoms. The van der Waals surface area contributed by atoms with Crippen LogP contribution in [0.25, 0.3) is 0 Å². The van der Waals surface area contributed by atoms with Crippen molar-refractivity contribution in [2.24, 2.45) is 11.8 Å². The third-order valence-corrected chi connectivity index (χ3v) is 4.54. The van der Waals surface area contributed by atoms with Gasteiger partial charge >= 0.3 is 0 Å². The van der Waals surface area contributed by atoms with Crippen molar-refractivity contribution in [2.45, 2.75) is 32.3 Å². The molecule has 1 saturated heterocycles. The number of hydrogen-bond donors (Lipinski definition) is 1. The number of methoxy groups -OCH3 is 1. The molecule has 21 heavy (non-hydrogen) atoms. The molecule has 2 atom stereocenters. The first-order chi connectivity index (χ1) is 10.2. The first kappa shape index (κ1) is 14.4. The second kappa shape index (κ2) is 6.10. The maximum atomic E-state index is 5.97. The molecule has 1 saturated carbocycles. The van der Waals surface area contributed by atoms with Crippen LogP contribution < -0.4 is 15.4 Å². The lowest BCUT2D eigenvalue weighted by molar-refractivity contribution is 0.0496. The monoisotopic (exact) mass is 291 g/mol. The summed E-state index contributed by atoms with van der Waals surface area (Å²) in [7, 11) is 1.78. The Bertz CT molecular complexity index is 490. The number of rotatable bonds is 5. The van der Waals surface area contributed by atoms with Crippen LogP contribution in [0.15, 0.2) is 12.1 Å². The molecule has 2 fully saturated rings. The number of nitrogens with zero attached hydrogens (tertiary/aromatic N) is 2. The Morgan fingerprint density at radius 1 is 1.33 bits per heavy atom. The number of ether oxygens (including phenoxy) is 2. The highest BCUT2D eigenvalue weighted by Crippen LogP contribution is 2.32. The largest absolute Gasteiger partial charge is 0.476 e. The molecule has 3 rings (SSSR count). The van der Waals surface area contributed by atoms with Crippen LogP contribution in [-0.2, 0) is 4.74 Å². The smallest absolute Gasteiger partial charge is 0.239 e. The Balaban J connectivity index is 1.70. The number of nitrogens with two attached hydrogens (primary N) is 1. The molecule has 2 N–H and O–H groups in total. The number of piperidine rings is 1. The van der Waals surface area contributed by atoms with Crippen LogP contribution in [0.1, 0.15) is 26.2 Å². The zero-order valence-electron chi connectivity index (χ0n) is 12.9. The summed E-state index contributed by atoms with van der Waals surface area (Å²) in [5, 5.41) is 0. The minimum Gasteiger partial charge on any atom is -0.476 e. The molecular formula is C16H25N3O2. The van der Waals surface area contributed by atoms with Gasteiger partial charge in [-0.15, -0.1) is 0 Å². The Morgan fingerprint density at radius 3 is 2.86 bits per heavy atom.